The zero-order chi connectivity index (χ0) is 25.9. The molecule has 1 heterocycles. The normalized spacial score (nSPS) is 11.7. The summed E-state index contributed by atoms with van der Waals surface area (Å²) in [4.78, 5) is 17.2. The van der Waals surface area contributed by atoms with Crippen LogP contribution in [0.15, 0.2) is 83.9 Å². The highest BCUT2D eigenvalue weighted by Crippen LogP contribution is 2.28. The number of carbonyl (C=O) groups excluding carboxylic acids is 1. The Balaban J connectivity index is 1.40. The molecule has 1 aromatic heterocycles. The molecule has 0 amide bonds. The number of rotatable bonds is 8. The first-order valence-corrected chi connectivity index (χ1v) is 12.6. The topological polar surface area (TPSA) is 97.4 Å². The summed E-state index contributed by atoms with van der Waals surface area (Å²) in [6.45, 7) is 1.86. The summed E-state index contributed by atoms with van der Waals surface area (Å²) in [7, 11) is -4.04. The van der Waals surface area contributed by atoms with Crippen molar-refractivity contribution < 1.29 is 31.1 Å². The van der Waals surface area contributed by atoms with Crippen LogP contribution in [-0.4, -0.2) is 25.5 Å². The molecule has 0 spiro atoms. The van der Waals surface area contributed by atoms with Crippen molar-refractivity contribution in [2.75, 3.05) is 10.0 Å². The third-order valence-corrected chi connectivity index (χ3v) is 7.18. The Morgan fingerprint density at radius 2 is 1.58 bits per heavy atom. The Kier molecular flexibility index (Phi) is 7.00. The van der Waals surface area contributed by atoms with Crippen molar-refractivity contribution in [3.8, 4) is 5.75 Å². The third-order valence-electron chi connectivity index (χ3n) is 4.88. The van der Waals surface area contributed by atoms with E-state index >= 15 is 0 Å². The molecule has 0 unspecified atom stereocenters. The zero-order valence-corrected chi connectivity index (χ0v) is 20.2. The van der Waals surface area contributed by atoms with Gasteiger partial charge in [-0.2, -0.15) is 0 Å². The second kappa shape index (κ2) is 9.99. The van der Waals surface area contributed by atoms with Gasteiger partial charge in [0.2, 0.25) is 5.78 Å². The minimum atomic E-state index is -4.87. The molecule has 4 rings (SSSR count). The summed E-state index contributed by atoms with van der Waals surface area (Å²) in [5, 5.41) is 3.55. The van der Waals surface area contributed by atoms with Gasteiger partial charge in [0.25, 0.3) is 10.0 Å². The second-order valence-electron chi connectivity index (χ2n) is 7.50. The van der Waals surface area contributed by atoms with E-state index in [0.717, 1.165) is 29.8 Å². The molecule has 3 aromatic carbocycles. The van der Waals surface area contributed by atoms with E-state index in [0.29, 0.717) is 21.3 Å². The van der Waals surface area contributed by atoms with Crippen LogP contribution in [0.3, 0.4) is 0 Å². The first-order valence-electron chi connectivity index (χ1n) is 10.3. The van der Waals surface area contributed by atoms with Gasteiger partial charge in [0.05, 0.1) is 16.0 Å². The molecule has 0 radical (unpaired) electrons. The molecule has 186 valence electrons. The molecule has 7 nitrogen and oxygen atoms in total. The summed E-state index contributed by atoms with van der Waals surface area (Å²) in [6, 6.07) is 17.4. The van der Waals surface area contributed by atoms with Crippen LogP contribution in [0.2, 0.25) is 0 Å². The van der Waals surface area contributed by atoms with Gasteiger partial charge >= 0.3 is 6.36 Å². The summed E-state index contributed by atoms with van der Waals surface area (Å²) in [5.41, 5.74) is 2.32. The Labute approximate surface area is 208 Å². The average Bonchev–Trinajstić information content (AvgIpc) is 3.28. The predicted molar refractivity (Wildman–Crippen MR) is 130 cm³/mol. The van der Waals surface area contributed by atoms with E-state index in [-0.39, 0.29) is 16.4 Å². The SMILES string of the molecule is Cc1ccccc1C(=O)c1cnc(Nc2ccc(NS(=O)(=O)c3ccc(OC(F)(F)F)cc3)cc2)s1. The van der Waals surface area contributed by atoms with Gasteiger partial charge in [-0.3, -0.25) is 9.52 Å². The van der Waals surface area contributed by atoms with Crippen LogP contribution in [0.1, 0.15) is 20.8 Å². The number of halogens is 3. The number of anilines is 3. The van der Waals surface area contributed by atoms with Gasteiger partial charge in [0, 0.05) is 16.9 Å². The van der Waals surface area contributed by atoms with Crippen molar-refractivity contribution >= 4 is 43.6 Å². The van der Waals surface area contributed by atoms with Crippen LogP contribution < -0.4 is 14.8 Å². The van der Waals surface area contributed by atoms with Gasteiger partial charge in [-0.1, -0.05) is 35.6 Å². The number of aryl methyl sites for hydroxylation is 1. The maximum absolute atomic E-state index is 12.7. The van der Waals surface area contributed by atoms with Crippen molar-refractivity contribution in [3.63, 3.8) is 0 Å². The van der Waals surface area contributed by atoms with Gasteiger partial charge in [-0.25, -0.2) is 13.4 Å². The number of carbonyl (C=O) groups is 1. The molecule has 2 N–H and O–H groups in total. The molecule has 0 aliphatic heterocycles. The van der Waals surface area contributed by atoms with Gasteiger partial charge < -0.3 is 10.1 Å². The number of ketones is 1. The largest absolute Gasteiger partial charge is 0.573 e. The lowest BCUT2D eigenvalue weighted by molar-refractivity contribution is -0.274. The highest BCUT2D eigenvalue weighted by Gasteiger charge is 2.31. The number of hydrogen-bond donors (Lipinski definition) is 2. The molecular weight excluding hydrogens is 515 g/mol. The van der Waals surface area contributed by atoms with Crippen molar-refractivity contribution in [2.45, 2.75) is 18.2 Å². The van der Waals surface area contributed by atoms with Gasteiger partial charge in [-0.05, 0) is 61.0 Å². The number of thiazole rings is 1. The van der Waals surface area contributed by atoms with Gasteiger partial charge in [-0.15, -0.1) is 13.2 Å². The Morgan fingerprint density at radius 3 is 2.22 bits per heavy atom. The lowest BCUT2D eigenvalue weighted by atomic mass is 10.0. The fraction of sp³-hybridized carbons (Fsp3) is 0.0833. The molecule has 12 heteroatoms. The number of sulfonamides is 1. The van der Waals surface area contributed by atoms with Crippen LogP contribution in [0.25, 0.3) is 0 Å². The summed E-state index contributed by atoms with van der Waals surface area (Å²) < 4.78 is 68.0. The first-order chi connectivity index (χ1) is 17.0. The van der Waals surface area contributed by atoms with E-state index in [9.17, 15) is 26.4 Å². The fourth-order valence-electron chi connectivity index (χ4n) is 3.18. The Morgan fingerprint density at radius 1 is 0.944 bits per heavy atom. The van der Waals surface area contributed by atoms with Crippen molar-refractivity contribution in [1.82, 2.24) is 4.98 Å². The minimum Gasteiger partial charge on any atom is -0.406 e. The van der Waals surface area contributed by atoms with E-state index in [1.165, 1.54) is 29.7 Å². The molecule has 4 aromatic rings. The monoisotopic (exact) mass is 533 g/mol. The average molecular weight is 534 g/mol. The molecule has 0 atom stereocenters. The molecule has 0 fully saturated rings. The minimum absolute atomic E-state index is 0.124. The lowest BCUT2D eigenvalue weighted by Crippen LogP contribution is -2.17. The zero-order valence-electron chi connectivity index (χ0n) is 18.5. The Hall–Kier alpha value is -3.90. The number of hydrogen-bond acceptors (Lipinski definition) is 7. The lowest BCUT2D eigenvalue weighted by Gasteiger charge is -2.11. The maximum Gasteiger partial charge on any atom is 0.573 e. The second-order valence-corrected chi connectivity index (χ2v) is 10.2. The van der Waals surface area contributed by atoms with E-state index in [4.69, 9.17) is 0 Å². The fourth-order valence-corrected chi connectivity index (χ4v) is 5.03. The van der Waals surface area contributed by atoms with Crippen LogP contribution in [0, 0.1) is 6.92 Å². The van der Waals surface area contributed by atoms with E-state index < -0.39 is 22.1 Å². The summed E-state index contributed by atoms with van der Waals surface area (Å²) in [6.07, 6.45) is -3.37. The highest BCUT2D eigenvalue weighted by atomic mass is 32.2. The molecule has 0 saturated heterocycles. The standard InChI is InChI=1S/C24H18F3N3O4S2/c1-15-4-2-3-5-20(15)22(31)21-14-28-23(35-21)29-16-6-8-17(9-7-16)30-36(32,33)19-12-10-18(11-13-19)34-24(25,26)27/h2-14,30H,1H3,(H,28,29). The molecule has 0 aliphatic carbocycles. The quantitative estimate of drug-likeness (QED) is 0.265. The highest BCUT2D eigenvalue weighted by molar-refractivity contribution is 7.92. The molecule has 36 heavy (non-hydrogen) atoms. The van der Waals surface area contributed by atoms with Crippen LogP contribution in [0.5, 0.6) is 5.75 Å². The summed E-state index contributed by atoms with van der Waals surface area (Å²) in [5.74, 6) is -0.649. The van der Waals surface area contributed by atoms with Crippen LogP contribution in [0.4, 0.5) is 29.7 Å². The van der Waals surface area contributed by atoms with Gasteiger partial charge in [0.15, 0.2) is 5.13 Å². The molecular formula is C24H18F3N3O4S2. The van der Waals surface area contributed by atoms with Gasteiger partial charge in [0.1, 0.15) is 5.75 Å². The first kappa shape index (κ1) is 25.2. The predicted octanol–water partition coefficient (Wildman–Crippen LogP) is 6.13. The number of ether oxygens (including phenoxy) is 1. The number of alkyl halides is 3. The van der Waals surface area contributed by atoms with Crippen LogP contribution >= 0.6 is 11.3 Å². The summed E-state index contributed by atoms with van der Waals surface area (Å²) >= 11 is 1.19. The molecule has 0 bridgehead atoms. The molecule has 0 saturated carbocycles. The van der Waals surface area contributed by atoms with Crippen LogP contribution in [-0.2, 0) is 10.0 Å². The van der Waals surface area contributed by atoms with Crippen molar-refractivity contribution in [3.05, 3.63) is 95.0 Å². The number of nitrogens with one attached hydrogen (secondary N) is 2. The number of benzene rings is 3. The van der Waals surface area contributed by atoms with Crippen molar-refractivity contribution in [2.24, 2.45) is 0 Å². The van der Waals surface area contributed by atoms with E-state index in [1.54, 1.807) is 24.3 Å². The maximum atomic E-state index is 12.7. The van der Waals surface area contributed by atoms with E-state index in [1.807, 2.05) is 19.1 Å². The number of nitrogens with zero attached hydrogens (tertiary/aromatic N) is 1. The number of aromatic nitrogens is 1. The smallest absolute Gasteiger partial charge is 0.406 e. The Bertz CT molecular complexity index is 1480. The molecule has 0 aliphatic rings. The van der Waals surface area contributed by atoms with E-state index in [2.05, 4.69) is 19.8 Å². The third kappa shape index (κ3) is 6.20. The van der Waals surface area contributed by atoms with Crippen molar-refractivity contribution in [1.29, 1.82) is 0 Å².